The van der Waals surface area contributed by atoms with Gasteiger partial charge in [-0.25, -0.2) is 0 Å². The standard InChI is InChI=1S/C12H24N2O/c1-3-6-11(9-15-2)14-12(13)10-7-4-5-8-10/h10-11H,3-9H2,1-2H3,(H2,13,14). The van der Waals surface area contributed by atoms with Gasteiger partial charge < -0.3 is 10.5 Å². The number of nitrogens with zero attached hydrogens (tertiary/aromatic N) is 1. The van der Waals surface area contributed by atoms with Gasteiger partial charge in [0.05, 0.1) is 18.5 Å². The zero-order valence-electron chi connectivity index (χ0n) is 10.0. The lowest BCUT2D eigenvalue weighted by atomic mass is 10.1. The van der Waals surface area contributed by atoms with Crippen molar-refractivity contribution in [2.24, 2.45) is 16.6 Å². The van der Waals surface area contributed by atoms with E-state index < -0.39 is 0 Å². The van der Waals surface area contributed by atoms with Crippen molar-refractivity contribution < 1.29 is 4.74 Å². The molecule has 0 amide bonds. The van der Waals surface area contributed by atoms with Crippen LogP contribution in [0.25, 0.3) is 0 Å². The first kappa shape index (κ1) is 12.5. The smallest absolute Gasteiger partial charge is 0.0972 e. The highest BCUT2D eigenvalue weighted by Gasteiger charge is 2.19. The number of ether oxygens (including phenoxy) is 1. The molecule has 88 valence electrons. The maximum absolute atomic E-state index is 6.03. The number of nitrogens with two attached hydrogens (primary N) is 1. The van der Waals surface area contributed by atoms with Gasteiger partial charge in [0.15, 0.2) is 0 Å². The molecule has 0 radical (unpaired) electrons. The molecule has 15 heavy (non-hydrogen) atoms. The number of methoxy groups -OCH3 is 1. The summed E-state index contributed by atoms with van der Waals surface area (Å²) in [4.78, 5) is 4.61. The summed E-state index contributed by atoms with van der Waals surface area (Å²) in [6.45, 7) is 2.87. The molecule has 0 heterocycles. The number of rotatable bonds is 6. The van der Waals surface area contributed by atoms with Crippen LogP contribution in [0.1, 0.15) is 45.4 Å². The highest BCUT2D eigenvalue weighted by atomic mass is 16.5. The van der Waals surface area contributed by atoms with Crippen molar-refractivity contribution in [1.29, 1.82) is 0 Å². The van der Waals surface area contributed by atoms with E-state index in [0.717, 1.165) is 18.7 Å². The van der Waals surface area contributed by atoms with Crippen molar-refractivity contribution in [1.82, 2.24) is 0 Å². The van der Waals surface area contributed by atoms with Gasteiger partial charge in [0.1, 0.15) is 0 Å². The molecule has 3 heteroatoms. The Labute approximate surface area is 93.1 Å². The van der Waals surface area contributed by atoms with Gasteiger partial charge in [-0.05, 0) is 19.3 Å². The van der Waals surface area contributed by atoms with Gasteiger partial charge in [0.2, 0.25) is 0 Å². The van der Waals surface area contributed by atoms with Gasteiger partial charge in [0, 0.05) is 13.0 Å². The Balaban J connectivity index is 2.47. The molecule has 0 aliphatic heterocycles. The fraction of sp³-hybridized carbons (Fsp3) is 0.917. The van der Waals surface area contributed by atoms with Crippen molar-refractivity contribution in [2.45, 2.75) is 51.5 Å². The van der Waals surface area contributed by atoms with Gasteiger partial charge in [-0.1, -0.05) is 26.2 Å². The Morgan fingerprint density at radius 2 is 2.13 bits per heavy atom. The van der Waals surface area contributed by atoms with E-state index in [1.807, 2.05) is 0 Å². The predicted molar refractivity (Wildman–Crippen MR) is 64.2 cm³/mol. The van der Waals surface area contributed by atoms with Gasteiger partial charge in [-0.3, -0.25) is 4.99 Å². The van der Waals surface area contributed by atoms with Crippen LogP contribution in [0.15, 0.2) is 4.99 Å². The number of amidine groups is 1. The second kappa shape index (κ2) is 6.83. The van der Waals surface area contributed by atoms with Gasteiger partial charge in [-0.15, -0.1) is 0 Å². The molecule has 1 unspecified atom stereocenters. The Hall–Kier alpha value is -0.570. The van der Waals surface area contributed by atoms with Crippen molar-refractivity contribution in [3.8, 4) is 0 Å². The molecule has 2 N–H and O–H groups in total. The summed E-state index contributed by atoms with van der Waals surface area (Å²) >= 11 is 0. The van der Waals surface area contributed by atoms with Crippen molar-refractivity contribution in [3.63, 3.8) is 0 Å². The SMILES string of the molecule is CCCC(COC)N=C(N)C1CCCC1. The van der Waals surface area contributed by atoms with E-state index in [2.05, 4.69) is 11.9 Å². The van der Waals surface area contributed by atoms with E-state index in [9.17, 15) is 0 Å². The lowest BCUT2D eigenvalue weighted by Gasteiger charge is -2.14. The van der Waals surface area contributed by atoms with Gasteiger partial charge >= 0.3 is 0 Å². The molecule has 0 aromatic carbocycles. The number of hydrogen-bond acceptors (Lipinski definition) is 2. The first-order chi connectivity index (χ1) is 7.27. The largest absolute Gasteiger partial charge is 0.387 e. The highest BCUT2D eigenvalue weighted by molar-refractivity contribution is 5.83. The molecule has 0 bridgehead atoms. The van der Waals surface area contributed by atoms with Crippen LogP contribution in [0.5, 0.6) is 0 Å². The van der Waals surface area contributed by atoms with Crippen LogP contribution in [-0.2, 0) is 4.74 Å². The first-order valence-electron chi connectivity index (χ1n) is 6.10. The lowest BCUT2D eigenvalue weighted by Crippen LogP contribution is -2.25. The molecule has 3 nitrogen and oxygen atoms in total. The summed E-state index contributed by atoms with van der Waals surface area (Å²) in [5.41, 5.74) is 6.03. The highest BCUT2D eigenvalue weighted by Crippen LogP contribution is 2.25. The Bertz CT molecular complexity index is 192. The molecule has 1 fully saturated rings. The van der Waals surface area contributed by atoms with Crippen LogP contribution in [-0.4, -0.2) is 25.6 Å². The summed E-state index contributed by atoms with van der Waals surface area (Å²) in [6.07, 6.45) is 7.27. The van der Waals surface area contributed by atoms with E-state index in [4.69, 9.17) is 10.5 Å². The zero-order valence-corrected chi connectivity index (χ0v) is 10.0. The Kier molecular flexibility index (Phi) is 5.69. The summed E-state index contributed by atoms with van der Waals surface area (Å²) in [5, 5.41) is 0. The maximum Gasteiger partial charge on any atom is 0.0972 e. The first-order valence-corrected chi connectivity index (χ1v) is 6.10. The van der Waals surface area contributed by atoms with Crippen LogP contribution in [0.2, 0.25) is 0 Å². The van der Waals surface area contributed by atoms with E-state index >= 15 is 0 Å². The average molecular weight is 212 g/mol. The molecule has 0 saturated heterocycles. The molecule has 1 saturated carbocycles. The molecule has 0 aromatic heterocycles. The van der Waals surface area contributed by atoms with Crippen LogP contribution >= 0.6 is 0 Å². The summed E-state index contributed by atoms with van der Waals surface area (Å²) in [7, 11) is 1.73. The van der Waals surface area contributed by atoms with Crippen LogP contribution in [0, 0.1) is 5.92 Å². The second-order valence-corrected chi connectivity index (χ2v) is 4.43. The zero-order chi connectivity index (χ0) is 11.1. The van der Waals surface area contributed by atoms with Crippen molar-refractivity contribution >= 4 is 5.84 Å². The summed E-state index contributed by atoms with van der Waals surface area (Å²) in [5.74, 6) is 1.41. The average Bonchev–Trinajstić information content (AvgIpc) is 2.71. The number of aliphatic imine (C=N–C) groups is 1. The van der Waals surface area contributed by atoms with Crippen LogP contribution < -0.4 is 5.73 Å². The molecule has 1 aliphatic carbocycles. The van der Waals surface area contributed by atoms with Crippen LogP contribution in [0.4, 0.5) is 0 Å². The molecule has 1 aliphatic rings. The van der Waals surface area contributed by atoms with Gasteiger partial charge in [0.25, 0.3) is 0 Å². The van der Waals surface area contributed by atoms with E-state index in [0.29, 0.717) is 12.5 Å². The minimum Gasteiger partial charge on any atom is -0.387 e. The Morgan fingerprint density at radius 1 is 1.47 bits per heavy atom. The van der Waals surface area contributed by atoms with Crippen LogP contribution in [0.3, 0.4) is 0 Å². The molecular weight excluding hydrogens is 188 g/mol. The van der Waals surface area contributed by atoms with E-state index in [-0.39, 0.29) is 6.04 Å². The monoisotopic (exact) mass is 212 g/mol. The predicted octanol–water partition coefficient (Wildman–Crippen LogP) is 2.35. The number of hydrogen-bond donors (Lipinski definition) is 1. The second-order valence-electron chi connectivity index (χ2n) is 4.43. The molecular formula is C12H24N2O. The van der Waals surface area contributed by atoms with Gasteiger partial charge in [-0.2, -0.15) is 0 Å². The molecule has 1 atom stereocenters. The fourth-order valence-electron chi connectivity index (χ4n) is 2.25. The molecule has 1 rings (SSSR count). The topological polar surface area (TPSA) is 47.6 Å². The lowest BCUT2D eigenvalue weighted by molar-refractivity contribution is 0.177. The third-order valence-electron chi connectivity index (χ3n) is 3.09. The third kappa shape index (κ3) is 4.20. The fourth-order valence-corrected chi connectivity index (χ4v) is 2.25. The van der Waals surface area contributed by atoms with Crippen molar-refractivity contribution in [3.05, 3.63) is 0 Å². The van der Waals surface area contributed by atoms with Crippen molar-refractivity contribution in [2.75, 3.05) is 13.7 Å². The maximum atomic E-state index is 6.03. The minimum atomic E-state index is 0.264. The molecule has 0 spiro atoms. The quantitative estimate of drug-likeness (QED) is 0.542. The summed E-state index contributed by atoms with van der Waals surface area (Å²) < 4.78 is 5.16. The van der Waals surface area contributed by atoms with E-state index in [1.165, 1.54) is 25.7 Å². The third-order valence-corrected chi connectivity index (χ3v) is 3.09. The molecule has 0 aromatic rings. The van der Waals surface area contributed by atoms with E-state index in [1.54, 1.807) is 7.11 Å². The normalized spacial score (nSPS) is 20.8. The minimum absolute atomic E-state index is 0.264. The summed E-state index contributed by atoms with van der Waals surface area (Å²) in [6, 6.07) is 0.264. The Morgan fingerprint density at radius 3 is 2.67 bits per heavy atom.